The van der Waals surface area contributed by atoms with Gasteiger partial charge in [-0.3, -0.25) is 19.2 Å². The van der Waals surface area contributed by atoms with Crippen LogP contribution in [0.5, 0.6) is 0 Å². The number of hydrogen-bond acceptors (Lipinski definition) is 4. The molecule has 0 aliphatic carbocycles. The Hall–Kier alpha value is -3.10. The van der Waals surface area contributed by atoms with E-state index in [0.29, 0.717) is 11.4 Å². The summed E-state index contributed by atoms with van der Waals surface area (Å²) in [6, 6.07) is 13.4. The molecule has 0 aliphatic heterocycles. The summed E-state index contributed by atoms with van der Waals surface area (Å²) in [5.41, 5.74) is 0.317. The fourth-order valence-corrected chi connectivity index (χ4v) is 4.76. The largest absolute Gasteiger partial charge is 0.268 e. The third kappa shape index (κ3) is 2.90. The smallest absolute Gasteiger partial charge is 0.266 e. The molecule has 0 saturated heterocycles. The van der Waals surface area contributed by atoms with E-state index < -0.39 is 22.2 Å². The summed E-state index contributed by atoms with van der Waals surface area (Å²) < 4.78 is 3.63. The lowest BCUT2D eigenvalue weighted by Gasteiger charge is -2.05. The van der Waals surface area contributed by atoms with Crippen LogP contribution in [0.25, 0.3) is 32.9 Å². The molecule has 0 spiro atoms. The van der Waals surface area contributed by atoms with Crippen LogP contribution in [-0.2, 0) is 0 Å². The van der Waals surface area contributed by atoms with Crippen LogP contribution in [0.1, 0.15) is 11.1 Å². The normalized spacial score (nSPS) is 11.6. The Kier molecular flexibility index (Phi) is 4.69. The van der Waals surface area contributed by atoms with E-state index in [1.165, 1.54) is 12.1 Å². The molecule has 2 heterocycles. The quantitative estimate of drug-likeness (QED) is 0.330. The highest BCUT2D eigenvalue weighted by Gasteiger charge is 2.22. The van der Waals surface area contributed by atoms with E-state index in [-0.39, 0.29) is 21.5 Å². The van der Waals surface area contributed by atoms with Crippen LogP contribution in [0.2, 0.25) is 0 Å². The van der Waals surface area contributed by atoms with Gasteiger partial charge >= 0.3 is 0 Å². The fourth-order valence-electron chi connectivity index (χ4n) is 4.06. The summed E-state index contributed by atoms with van der Waals surface area (Å²) in [7, 11) is 0. The molecule has 32 heavy (non-hydrogen) atoms. The maximum atomic E-state index is 13.2. The lowest BCUT2D eigenvalue weighted by molar-refractivity contribution is 0.974. The topological polar surface area (TPSA) is 78.1 Å². The number of hydrogen-bond donors (Lipinski definition) is 0. The van der Waals surface area contributed by atoms with Gasteiger partial charge in [0, 0.05) is 8.95 Å². The number of halogens is 2. The summed E-state index contributed by atoms with van der Waals surface area (Å²) in [6.07, 6.45) is 0. The summed E-state index contributed by atoms with van der Waals surface area (Å²) in [6.45, 7) is 3.60. The molecule has 0 atom stereocenters. The van der Waals surface area contributed by atoms with Crippen LogP contribution in [-0.4, -0.2) is 9.13 Å². The van der Waals surface area contributed by atoms with Gasteiger partial charge in [-0.05, 0) is 61.4 Å². The van der Waals surface area contributed by atoms with Crippen LogP contribution in [0, 0.1) is 13.8 Å². The standard InChI is InChI=1S/C24H14Br2N2O4/c1-11-3-5-13(25)7-19(11)27-21(29)15-9-17-18(10-16(15)22(27)30)24(32)28(23(17)31)20-8-14(26)6-4-12(20)2/h3-10H,1-2H3. The predicted octanol–water partition coefficient (Wildman–Crippen LogP) is 4.03. The number of aromatic nitrogens is 2. The Morgan fingerprint density at radius 1 is 0.531 bits per heavy atom. The van der Waals surface area contributed by atoms with Crippen LogP contribution in [0.3, 0.4) is 0 Å². The van der Waals surface area contributed by atoms with Gasteiger partial charge in [0.2, 0.25) is 0 Å². The highest BCUT2D eigenvalue weighted by molar-refractivity contribution is 9.10. The van der Waals surface area contributed by atoms with Crippen molar-refractivity contribution in [1.82, 2.24) is 9.13 Å². The summed E-state index contributed by atoms with van der Waals surface area (Å²) in [5, 5.41) is 0.452. The zero-order chi connectivity index (χ0) is 22.9. The molecule has 0 radical (unpaired) electrons. The van der Waals surface area contributed by atoms with E-state index in [0.717, 1.165) is 29.2 Å². The molecule has 158 valence electrons. The Morgan fingerprint density at radius 2 is 0.844 bits per heavy atom. The first-order valence-corrected chi connectivity index (χ1v) is 11.3. The molecule has 0 amide bonds. The van der Waals surface area contributed by atoms with Crippen molar-refractivity contribution in [3.8, 4) is 11.4 Å². The number of nitrogens with zero attached hydrogens (tertiary/aromatic N) is 2. The molecule has 3 aromatic carbocycles. The average molecular weight is 554 g/mol. The van der Waals surface area contributed by atoms with Crippen molar-refractivity contribution in [2.24, 2.45) is 0 Å². The van der Waals surface area contributed by atoms with E-state index in [4.69, 9.17) is 0 Å². The number of fused-ring (bicyclic) bond motifs is 2. The van der Waals surface area contributed by atoms with E-state index in [2.05, 4.69) is 31.9 Å². The van der Waals surface area contributed by atoms with Gasteiger partial charge in [0.05, 0.1) is 32.9 Å². The number of rotatable bonds is 2. The monoisotopic (exact) mass is 552 g/mol. The van der Waals surface area contributed by atoms with Gasteiger partial charge in [0.1, 0.15) is 0 Å². The maximum absolute atomic E-state index is 13.2. The zero-order valence-corrected chi connectivity index (χ0v) is 20.1. The van der Waals surface area contributed by atoms with Crippen molar-refractivity contribution in [2.75, 3.05) is 0 Å². The lowest BCUT2D eigenvalue weighted by atomic mass is 10.1. The Bertz CT molecular complexity index is 1600. The van der Waals surface area contributed by atoms with Crippen molar-refractivity contribution in [3.63, 3.8) is 0 Å². The summed E-state index contributed by atoms with van der Waals surface area (Å²) >= 11 is 6.74. The van der Waals surface area contributed by atoms with Gasteiger partial charge in [0.15, 0.2) is 0 Å². The number of aryl methyl sites for hydroxylation is 2. The van der Waals surface area contributed by atoms with Gasteiger partial charge in [-0.15, -0.1) is 0 Å². The van der Waals surface area contributed by atoms with Gasteiger partial charge < -0.3 is 0 Å². The first-order valence-electron chi connectivity index (χ1n) is 9.67. The second-order valence-corrected chi connectivity index (χ2v) is 9.53. The zero-order valence-electron chi connectivity index (χ0n) is 16.9. The third-order valence-corrected chi connectivity index (χ3v) is 6.70. The third-order valence-electron chi connectivity index (χ3n) is 5.72. The minimum atomic E-state index is -0.522. The molecule has 0 N–H and O–H groups in total. The molecular formula is C24H14Br2N2O4. The van der Waals surface area contributed by atoms with Crippen molar-refractivity contribution in [2.45, 2.75) is 13.8 Å². The van der Waals surface area contributed by atoms with Crippen molar-refractivity contribution < 1.29 is 0 Å². The van der Waals surface area contributed by atoms with E-state index in [1.807, 2.05) is 12.1 Å². The van der Waals surface area contributed by atoms with E-state index in [9.17, 15) is 19.2 Å². The van der Waals surface area contributed by atoms with Crippen molar-refractivity contribution in [3.05, 3.63) is 110 Å². The highest BCUT2D eigenvalue weighted by Crippen LogP contribution is 2.22. The van der Waals surface area contributed by atoms with Gasteiger partial charge in [-0.2, -0.15) is 0 Å². The van der Waals surface area contributed by atoms with Crippen LogP contribution >= 0.6 is 31.9 Å². The van der Waals surface area contributed by atoms with Crippen LogP contribution < -0.4 is 22.2 Å². The molecule has 0 bridgehead atoms. The van der Waals surface area contributed by atoms with Gasteiger partial charge in [0.25, 0.3) is 22.2 Å². The molecule has 0 saturated carbocycles. The summed E-state index contributed by atoms with van der Waals surface area (Å²) in [5.74, 6) is 0. The first-order chi connectivity index (χ1) is 15.2. The highest BCUT2D eigenvalue weighted by atomic mass is 79.9. The van der Waals surface area contributed by atoms with Gasteiger partial charge in [-0.1, -0.05) is 44.0 Å². The minimum Gasteiger partial charge on any atom is -0.268 e. The molecule has 0 unspecified atom stereocenters. The van der Waals surface area contributed by atoms with Crippen LogP contribution in [0.15, 0.2) is 76.7 Å². The second kappa shape index (κ2) is 7.21. The van der Waals surface area contributed by atoms with Crippen molar-refractivity contribution >= 4 is 53.4 Å². The fraction of sp³-hybridized carbons (Fsp3) is 0.0833. The Morgan fingerprint density at radius 3 is 1.16 bits per heavy atom. The predicted molar refractivity (Wildman–Crippen MR) is 132 cm³/mol. The van der Waals surface area contributed by atoms with Gasteiger partial charge in [-0.25, -0.2) is 9.13 Å². The van der Waals surface area contributed by atoms with Crippen molar-refractivity contribution in [1.29, 1.82) is 0 Å². The average Bonchev–Trinajstić information content (AvgIpc) is 3.15. The Labute approximate surface area is 197 Å². The molecule has 5 aromatic rings. The first kappa shape index (κ1) is 20.8. The molecule has 0 aliphatic rings. The lowest BCUT2D eigenvalue weighted by Crippen LogP contribution is -2.25. The molecule has 6 nitrogen and oxygen atoms in total. The number of benzene rings is 3. The van der Waals surface area contributed by atoms with Crippen LogP contribution in [0.4, 0.5) is 0 Å². The SMILES string of the molecule is Cc1ccc(Br)cc1-n1c(=O)c2cc3c(=O)n(-c4cc(Br)ccc4C)c(=O)c3cc2c1=O. The molecular weight excluding hydrogens is 540 g/mol. The molecule has 2 aromatic heterocycles. The van der Waals surface area contributed by atoms with E-state index >= 15 is 0 Å². The molecule has 8 heteroatoms. The molecule has 0 fully saturated rings. The molecule has 5 rings (SSSR count). The van der Waals surface area contributed by atoms with E-state index in [1.54, 1.807) is 38.1 Å². The summed E-state index contributed by atoms with van der Waals surface area (Å²) in [4.78, 5) is 52.7. The minimum absolute atomic E-state index is 0.113. The maximum Gasteiger partial charge on any atom is 0.266 e. The Balaban J connectivity index is 1.88. The second-order valence-electron chi connectivity index (χ2n) is 7.70.